The molecule has 21 heavy (non-hydrogen) atoms. The number of halogens is 1. The highest BCUT2D eigenvalue weighted by molar-refractivity contribution is 5.80. The van der Waals surface area contributed by atoms with Crippen LogP contribution >= 0.6 is 0 Å². The first kappa shape index (κ1) is 14.3. The van der Waals surface area contributed by atoms with E-state index in [0.29, 0.717) is 5.69 Å². The Morgan fingerprint density at radius 2 is 1.90 bits per heavy atom. The third-order valence-electron chi connectivity index (χ3n) is 4.24. The molecule has 0 radical (unpaired) electrons. The van der Waals surface area contributed by atoms with Gasteiger partial charge >= 0.3 is 0 Å². The van der Waals surface area contributed by atoms with Gasteiger partial charge in [-0.15, -0.1) is 0 Å². The van der Waals surface area contributed by atoms with E-state index in [4.69, 9.17) is 0 Å². The van der Waals surface area contributed by atoms with Crippen molar-refractivity contribution in [2.45, 2.75) is 12.8 Å². The fourth-order valence-corrected chi connectivity index (χ4v) is 2.75. The molecule has 0 unspecified atom stereocenters. The Kier molecular flexibility index (Phi) is 4.39. The van der Waals surface area contributed by atoms with Gasteiger partial charge in [0.25, 0.3) is 0 Å². The van der Waals surface area contributed by atoms with Crippen LogP contribution in [-0.2, 0) is 4.79 Å². The maximum absolute atomic E-state index is 13.7. The zero-order valence-electron chi connectivity index (χ0n) is 12.2. The Balaban J connectivity index is 1.40. The van der Waals surface area contributed by atoms with Gasteiger partial charge in [0.1, 0.15) is 5.82 Å². The lowest BCUT2D eigenvalue weighted by Gasteiger charge is -2.36. The molecule has 1 heterocycles. The summed E-state index contributed by atoms with van der Waals surface area (Å²) in [6.45, 7) is 5.08. The topological polar surface area (TPSA) is 35.6 Å². The fraction of sp³-hybridized carbons (Fsp3) is 0.562. The monoisotopic (exact) mass is 291 g/mol. The number of nitrogens with zero attached hydrogens (tertiary/aromatic N) is 2. The Hall–Kier alpha value is -1.62. The van der Waals surface area contributed by atoms with E-state index >= 15 is 0 Å². The number of piperazine rings is 1. The molecule has 1 N–H and O–H groups in total. The Bertz CT molecular complexity index is 496. The smallest absolute Gasteiger partial charge is 0.223 e. The minimum absolute atomic E-state index is 0.150. The summed E-state index contributed by atoms with van der Waals surface area (Å²) < 4.78 is 13.7. The summed E-state index contributed by atoms with van der Waals surface area (Å²) in [7, 11) is 0. The number of nitrogens with one attached hydrogen (secondary N) is 1. The number of carbonyl (C=O) groups excluding carboxylic acids is 1. The second-order valence-electron chi connectivity index (χ2n) is 5.85. The van der Waals surface area contributed by atoms with Crippen LogP contribution < -0.4 is 10.2 Å². The van der Waals surface area contributed by atoms with Crippen LogP contribution in [0.4, 0.5) is 10.1 Å². The van der Waals surface area contributed by atoms with Crippen LogP contribution in [0, 0.1) is 11.7 Å². The summed E-state index contributed by atoms with van der Waals surface area (Å²) in [6.07, 6.45) is 2.10. The molecule has 1 aliphatic carbocycles. The quantitative estimate of drug-likeness (QED) is 0.892. The number of rotatable bonds is 5. The predicted molar refractivity (Wildman–Crippen MR) is 80.8 cm³/mol. The molecule has 1 aromatic rings. The third-order valence-corrected chi connectivity index (χ3v) is 4.24. The Labute approximate surface area is 124 Å². The van der Waals surface area contributed by atoms with Gasteiger partial charge in [-0.2, -0.15) is 0 Å². The number of hydrogen-bond acceptors (Lipinski definition) is 3. The van der Waals surface area contributed by atoms with Gasteiger partial charge < -0.3 is 10.2 Å². The first-order valence-corrected chi connectivity index (χ1v) is 7.73. The molecular formula is C16H22FN3O. The molecule has 4 nitrogen and oxygen atoms in total. The van der Waals surface area contributed by atoms with Crippen molar-refractivity contribution in [2.24, 2.45) is 5.92 Å². The molecule has 5 heteroatoms. The van der Waals surface area contributed by atoms with Crippen LogP contribution in [0.25, 0.3) is 0 Å². The Morgan fingerprint density at radius 3 is 2.57 bits per heavy atom. The van der Waals surface area contributed by atoms with Crippen LogP contribution in [0.5, 0.6) is 0 Å². The summed E-state index contributed by atoms with van der Waals surface area (Å²) in [5.74, 6) is 0.338. The minimum atomic E-state index is -0.150. The second kappa shape index (κ2) is 6.43. The molecule has 2 fully saturated rings. The summed E-state index contributed by atoms with van der Waals surface area (Å²) >= 11 is 0. The van der Waals surface area contributed by atoms with Crippen molar-refractivity contribution in [3.05, 3.63) is 30.1 Å². The molecule has 0 aromatic heterocycles. The molecule has 1 saturated heterocycles. The van der Waals surface area contributed by atoms with E-state index < -0.39 is 0 Å². The van der Waals surface area contributed by atoms with Crippen molar-refractivity contribution in [2.75, 3.05) is 44.2 Å². The van der Waals surface area contributed by atoms with E-state index in [1.54, 1.807) is 6.07 Å². The van der Waals surface area contributed by atoms with Crippen molar-refractivity contribution in [1.82, 2.24) is 10.2 Å². The van der Waals surface area contributed by atoms with Crippen LogP contribution in [0.1, 0.15) is 12.8 Å². The third kappa shape index (κ3) is 3.73. The minimum Gasteiger partial charge on any atom is -0.367 e. The van der Waals surface area contributed by atoms with Crippen molar-refractivity contribution in [3.8, 4) is 0 Å². The molecule has 1 saturated carbocycles. The number of carbonyl (C=O) groups is 1. The number of amides is 1. The maximum Gasteiger partial charge on any atom is 0.223 e. The Morgan fingerprint density at radius 1 is 1.19 bits per heavy atom. The molecular weight excluding hydrogens is 269 g/mol. The van der Waals surface area contributed by atoms with E-state index in [0.717, 1.165) is 52.1 Å². The van der Waals surface area contributed by atoms with Crippen LogP contribution in [-0.4, -0.2) is 50.1 Å². The van der Waals surface area contributed by atoms with Crippen molar-refractivity contribution >= 4 is 11.6 Å². The lowest BCUT2D eigenvalue weighted by Crippen LogP contribution is -2.48. The van der Waals surface area contributed by atoms with Gasteiger partial charge in [-0.3, -0.25) is 9.69 Å². The molecule has 114 valence electrons. The average Bonchev–Trinajstić information content (AvgIpc) is 3.33. The highest BCUT2D eigenvalue weighted by Gasteiger charge is 2.29. The molecule has 2 aliphatic rings. The maximum atomic E-state index is 13.7. The number of anilines is 1. The lowest BCUT2D eigenvalue weighted by atomic mass is 10.2. The van der Waals surface area contributed by atoms with Crippen molar-refractivity contribution in [3.63, 3.8) is 0 Å². The number of benzene rings is 1. The fourth-order valence-electron chi connectivity index (χ4n) is 2.75. The zero-order valence-corrected chi connectivity index (χ0v) is 12.2. The highest BCUT2D eigenvalue weighted by atomic mass is 19.1. The molecule has 1 aromatic carbocycles. The van der Waals surface area contributed by atoms with E-state index in [1.165, 1.54) is 6.07 Å². The first-order valence-electron chi connectivity index (χ1n) is 7.73. The van der Waals surface area contributed by atoms with Crippen LogP contribution in [0.3, 0.4) is 0 Å². The van der Waals surface area contributed by atoms with Gasteiger partial charge in [0.15, 0.2) is 0 Å². The normalized spacial score (nSPS) is 19.6. The first-order chi connectivity index (χ1) is 10.2. The predicted octanol–water partition coefficient (Wildman–Crippen LogP) is 1.47. The van der Waals surface area contributed by atoms with Gasteiger partial charge in [0, 0.05) is 45.2 Å². The standard InChI is InChI=1S/C16H22FN3O/c17-14-3-1-2-4-15(14)20-11-9-19(10-12-20)8-7-18-16(21)13-5-6-13/h1-4,13H,5-12H2,(H,18,21). The van der Waals surface area contributed by atoms with Gasteiger partial charge in [-0.25, -0.2) is 4.39 Å². The van der Waals surface area contributed by atoms with Gasteiger partial charge in [0.2, 0.25) is 5.91 Å². The van der Waals surface area contributed by atoms with Crippen molar-refractivity contribution in [1.29, 1.82) is 0 Å². The molecule has 3 rings (SSSR count). The van der Waals surface area contributed by atoms with Gasteiger partial charge in [-0.1, -0.05) is 12.1 Å². The second-order valence-corrected chi connectivity index (χ2v) is 5.85. The number of hydrogen-bond donors (Lipinski definition) is 1. The summed E-state index contributed by atoms with van der Waals surface area (Å²) in [5.41, 5.74) is 0.694. The van der Waals surface area contributed by atoms with Crippen LogP contribution in [0.15, 0.2) is 24.3 Å². The zero-order chi connectivity index (χ0) is 14.7. The SMILES string of the molecule is O=C(NCCN1CCN(c2ccccc2F)CC1)C1CC1. The molecule has 0 atom stereocenters. The van der Waals surface area contributed by atoms with Crippen molar-refractivity contribution < 1.29 is 9.18 Å². The summed E-state index contributed by atoms with van der Waals surface area (Å²) in [4.78, 5) is 16.0. The van der Waals surface area contributed by atoms with Gasteiger partial charge in [-0.05, 0) is 25.0 Å². The average molecular weight is 291 g/mol. The largest absolute Gasteiger partial charge is 0.367 e. The van der Waals surface area contributed by atoms with E-state index in [9.17, 15) is 9.18 Å². The van der Waals surface area contributed by atoms with Gasteiger partial charge in [0.05, 0.1) is 5.69 Å². The lowest BCUT2D eigenvalue weighted by molar-refractivity contribution is -0.122. The molecule has 1 aliphatic heterocycles. The molecule has 1 amide bonds. The molecule has 0 spiro atoms. The van der Waals surface area contributed by atoms with Crippen LogP contribution in [0.2, 0.25) is 0 Å². The highest BCUT2D eigenvalue weighted by Crippen LogP contribution is 2.28. The van der Waals surface area contributed by atoms with E-state index in [-0.39, 0.29) is 17.6 Å². The van der Waals surface area contributed by atoms with E-state index in [2.05, 4.69) is 15.1 Å². The summed E-state index contributed by atoms with van der Waals surface area (Å²) in [6, 6.07) is 6.94. The van der Waals surface area contributed by atoms with E-state index in [1.807, 2.05) is 12.1 Å². The molecule has 0 bridgehead atoms. The number of para-hydroxylation sites is 1. The summed E-state index contributed by atoms with van der Waals surface area (Å²) in [5, 5.41) is 2.99.